The number of amides is 2. The number of aliphatic hydroxyl groups is 1. The number of nitrogens with zero attached hydrogens (tertiary/aromatic N) is 2. The third-order valence-corrected chi connectivity index (χ3v) is 6.58. The first-order chi connectivity index (χ1) is 16.9. The molecule has 36 heavy (non-hydrogen) atoms. The van der Waals surface area contributed by atoms with E-state index >= 15 is 0 Å². The molecule has 0 spiro atoms. The van der Waals surface area contributed by atoms with Gasteiger partial charge in [-0.05, 0) is 58.2 Å². The van der Waals surface area contributed by atoms with Gasteiger partial charge in [-0.2, -0.15) is 13.2 Å². The maximum Gasteiger partial charge on any atom is 0.416 e. The lowest BCUT2D eigenvalue weighted by Gasteiger charge is -2.35. The van der Waals surface area contributed by atoms with Gasteiger partial charge < -0.3 is 30.3 Å². The number of β-amino-alcohol motifs (C(OH)–C–C–N with tert-alkyl or cyclic N) is 1. The highest BCUT2D eigenvalue weighted by Gasteiger charge is 2.35. The number of benzene rings is 1. The first-order valence-electron chi connectivity index (χ1n) is 12.1. The molecule has 0 saturated heterocycles. The van der Waals surface area contributed by atoms with Gasteiger partial charge >= 0.3 is 6.18 Å². The molecule has 3 rings (SSSR count). The quantitative estimate of drug-likeness (QED) is 0.460. The van der Waals surface area contributed by atoms with Crippen molar-refractivity contribution in [1.29, 1.82) is 0 Å². The van der Waals surface area contributed by atoms with E-state index in [2.05, 4.69) is 10.6 Å². The molecule has 2 aliphatic rings. The average molecular weight is 515 g/mol. The van der Waals surface area contributed by atoms with Gasteiger partial charge in [-0.1, -0.05) is 12.5 Å². The third-order valence-electron chi connectivity index (χ3n) is 6.58. The number of ether oxygens (including phenoxy) is 1. The summed E-state index contributed by atoms with van der Waals surface area (Å²) in [6.45, 7) is 6.07. The number of halogens is 3. The van der Waals surface area contributed by atoms with Crippen LogP contribution in [-0.2, 0) is 15.7 Å². The second-order valence-electron chi connectivity index (χ2n) is 9.67. The van der Waals surface area contributed by atoms with Crippen molar-refractivity contribution < 1.29 is 34.0 Å². The van der Waals surface area contributed by atoms with Crippen molar-refractivity contribution in [3.63, 3.8) is 0 Å². The van der Waals surface area contributed by atoms with E-state index in [0.29, 0.717) is 38.2 Å². The monoisotopic (exact) mass is 514 g/mol. The molecule has 202 valence electrons. The van der Waals surface area contributed by atoms with E-state index in [1.165, 1.54) is 17.0 Å². The van der Waals surface area contributed by atoms with Gasteiger partial charge in [0.15, 0.2) is 6.29 Å². The summed E-state index contributed by atoms with van der Waals surface area (Å²) in [5, 5.41) is 16.3. The normalized spacial score (nSPS) is 21.4. The summed E-state index contributed by atoms with van der Waals surface area (Å²) in [5.74, 6) is -0.486. The van der Waals surface area contributed by atoms with Gasteiger partial charge in [0.2, 0.25) is 5.91 Å². The van der Waals surface area contributed by atoms with Gasteiger partial charge in [0.05, 0.1) is 30.6 Å². The Bertz CT molecular complexity index is 989. The Morgan fingerprint density at radius 2 is 2.06 bits per heavy atom. The Hall–Kier alpha value is -2.79. The van der Waals surface area contributed by atoms with Crippen molar-refractivity contribution in [2.45, 2.75) is 71.1 Å². The van der Waals surface area contributed by atoms with E-state index in [0.717, 1.165) is 17.8 Å². The largest absolute Gasteiger partial charge is 0.416 e. The van der Waals surface area contributed by atoms with Crippen molar-refractivity contribution in [2.75, 3.05) is 20.3 Å². The molecule has 3 atom stereocenters. The van der Waals surface area contributed by atoms with Gasteiger partial charge in [0, 0.05) is 26.0 Å². The molecular weight excluding hydrogens is 477 g/mol. The Labute approximate surface area is 210 Å². The number of hydrogen-bond acceptors (Lipinski definition) is 6. The predicted molar refractivity (Wildman–Crippen MR) is 129 cm³/mol. The fraction of sp³-hybridized carbons (Fsp3) is 0.600. The lowest BCUT2D eigenvalue weighted by Crippen LogP contribution is -2.45. The maximum atomic E-state index is 13.1. The minimum Gasteiger partial charge on any atom is -0.368 e. The summed E-state index contributed by atoms with van der Waals surface area (Å²) in [5.41, 5.74) is -0.135. The van der Waals surface area contributed by atoms with E-state index in [1.54, 1.807) is 11.9 Å². The average Bonchev–Trinajstić information content (AvgIpc) is 3.15. The molecule has 1 fully saturated rings. The fourth-order valence-electron chi connectivity index (χ4n) is 4.66. The van der Waals surface area contributed by atoms with Crippen LogP contribution in [0.15, 0.2) is 35.8 Å². The molecule has 0 radical (unpaired) electrons. The molecule has 11 heteroatoms. The Morgan fingerprint density at radius 3 is 2.72 bits per heavy atom. The van der Waals surface area contributed by atoms with Gasteiger partial charge in [-0.25, -0.2) is 0 Å². The molecule has 1 heterocycles. The number of carbonyl (C=O) groups is 2. The maximum absolute atomic E-state index is 13.1. The van der Waals surface area contributed by atoms with Crippen LogP contribution in [0.3, 0.4) is 0 Å². The van der Waals surface area contributed by atoms with Crippen LogP contribution >= 0.6 is 0 Å². The molecule has 1 saturated carbocycles. The van der Waals surface area contributed by atoms with E-state index in [-0.39, 0.29) is 37.5 Å². The summed E-state index contributed by atoms with van der Waals surface area (Å²) in [4.78, 5) is 29.3. The first-order valence-corrected chi connectivity index (χ1v) is 12.1. The van der Waals surface area contributed by atoms with E-state index in [4.69, 9.17) is 4.74 Å². The standard InChI is InChI=1S/C25H35F3N4O4.H2/c1-15(2)36-21(33)13-32-14-29-16(3)22(32)30-23(34)17-7-6-10-20(12-17)31(4)24(35)18-8-5-9-19(11-18)25(26,27)28;/h5,8-9,11,15,17,20-21,29,33H,6-7,10,12-14H2,1-4H3,(H,30,34);1H/t17-,20+,21?;/m0./s1. The molecule has 2 amide bonds. The van der Waals surface area contributed by atoms with E-state index < -0.39 is 23.9 Å². The zero-order chi connectivity index (χ0) is 26.6. The number of aliphatic hydroxyl groups excluding tert-OH is 1. The van der Waals surface area contributed by atoms with E-state index in [9.17, 15) is 27.9 Å². The van der Waals surface area contributed by atoms with Crippen LogP contribution in [0.1, 0.15) is 63.8 Å². The van der Waals surface area contributed by atoms with Crippen LogP contribution in [0.25, 0.3) is 0 Å². The number of hydrogen-bond donors (Lipinski definition) is 3. The molecule has 1 aliphatic heterocycles. The van der Waals surface area contributed by atoms with Gasteiger partial charge in [0.1, 0.15) is 5.82 Å². The van der Waals surface area contributed by atoms with Gasteiger partial charge in [-0.15, -0.1) is 0 Å². The second kappa shape index (κ2) is 11.5. The van der Waals surface area contributed by atoms with Crippen LogP contribution in [-0.4, -0.2) is 65.4 Å². The molecule has 1 aliphatic carbocycles. The lowest BCUT2D eigenvalue weighted by atomic mass is 9.84. The third kappa shape index (κ3) is 6.91. The molecule has 0 bridgehead atoms. The van der Waals surface area contributed by atoms with Crippen LogP contribution < -0.4 is 10.6 Å². The highest BCUT2D eigenvalue weighted by atomic mass is 19.4. The molecule has 3 N–H and O–H groups in total. The van der Waals surface area contributed by atoms with Gasteiger partial charge in [0.25, 0.3) is 5.91 Å². The van der Waals surface area contributed by atoms with E-state index in [1.807, 2.05) is 20.8 Å². The summed E-state index contributed by atoms with van der Waals surface area (Å²) in [6.07, 6.45) is -3.26. The number of carbonyl (C=O) groups excluding carboxylic acids is 2. The predicted octanol–water partition coefficient (Wildman–Crippen LogP) is 3.49. The Morgan fingerprint density at radius 1 is 1.33 bits per heavy atom. The summed E-state index contributed by atoms with van der Waals surface area (Å²) >= 11 is 0. The van der Waals surface area contributed by atoms with Crippen LogP contribution in [0.4, 0.5) is 13.2 Å². The number of rotatable bonds is 8. The number of nitrogens with one attached hydrogen (secondary N) is 2. The Balaban J connectivity index is 0.00000481. The molecular formula is C25H37F3N4O4. The zero-order valence-electron chi connectivity index (χ0n) is 21.1. The Kier molecular flexibility index (Phi) is 8.89. The van der Waals surface area contributed by atoms with Crippen molar-refractivity contribution >= 4 is 11.8 Å². The topological polar surface area (TPSA) is 94.1 Å². The summed E-state index contributed by atoms with van der Waals surface area (Å²) in [7, 11) is 1.57. The summed E-state index contributed by atoms with van der Waals surface area (Å²) < 4.78 is 44.6. The molecule has 0 aromatic heterocycles. The highest BCUT2D eigenvalue weighted by Crippen LogP contribution is 2.31. The van der Waals surface area contributed by atoms with Gasteiger partial charge in [-0.3, -0.25) is 9.59 Å². The minimum absolute atomic E-state index is 0. The summed E-state index contributed by atoms with van der Waals surface area (Å²) in [6, 6.07) is 4.12. The SMILES string of the molecule is CC1=C(NC(=O)[C@H]2CCC[C@@H](N(C)C(=O)c3cccc(C(F)(F)F)c3)C2)N(CC(O)OC(C)C)CN1.[HH]. The minimum atomic E-state index is -4.53. The van der Waals surface area contributed by atoms with Crippen molar-refractivity contribution in [3.8, 4) is 0 Å². The van der Waals surface area contributed by atoms with Crippen LogP contribution in [0.5, 0.6) is 0 Å². The second-order valence-corrected chi connectivity index (χ2v) is 9.67. The van der Waals surface area contributed by atoms with Crippen molar-refractivity contribution in [2.24, 2.45) is 5.92 Å². The number of alkyl halides is 3. The van der Waals surface area contributed by atoms with Crippen LogP contribution in [0.2, 0.25) is 0 Å². The lowest BCUT2D eigenvalue weighted by molar-refractivity contribution is -0.137. The first kappa shape index (κ1) is 27.8. The van der Waals surface area contributed by atoms with Crippen LogP contribution in [0, 0.1) is 5.92 Å². The molecule has 1 unspecified atom stereocenters. The van der Waals surface area contributed by atoms with Crippen molar-refractivity contribution in [3.05, 3.63) is 46.9 Å². The molecule has 8 nitrogen and oxygen atoms in total. The number of allylic oxidation sites excluding steroid dienone is 1. The fourth-order valence-corrected chi connectivity index (χ4v) is 4.66. The molecule has 1 aromatic rings. The van der Waals surface area contributed by atoms with Crippen molar-refractivity contribution in [1.82, 2.24) is 20.4 Å². The molecule has 1 aromatic carbocycles. The zero-order valence-corrected chi connectivity index (χ0v) is 21.1. The smallest absolute Gasteiger partial charge is 0.368 e. The highest BCUT2D eigenvalue weighted by molar-refractivity contribution is 5.94.